The van der Waals surface area contributed by atoms with E-state index in [-0.39, 0.29) is 16.7 Å². The molecule has 0 fully saturated rings. The molecule has 0 aliphatic carbocycles. The number of alkyl halides is 3. The van der Waals surface area contributed by atoms with Gasteiger partial charge in [0.1, 0.15) is 16.7 Å². The number of carbonyl (C=O) groups is 1. The van der Waals surface area contributed by atoms with Gasteiger partial charge in [0.2, 0.25) is 0 Å². The number of anilines is 1. The molecule has 0 unspecified atom stereocenters. The SMILES string of the molecule is CCNC(=O)Nc1cc(-c2nc(C(F)(F)F)cs2)c(-c2cncc(C(=N)N)c2)cn1. The Hall–Kier alpha value is -3.54. The Bertz CT molecular complexity index is 1100. The summed E-state index contributed by atoms with van der Waals surface area (Å²) in [6, 6.07) is 2.51. The van der Waals surface area contributed by atoms with E-state index in [9.17, 15) is 18.0 Å². The number of pyridine rings is 2. The molecule has 12 heteroatoms. The number of carbonyl (C=O) groups excluding carboxylic acids is 1. The normalized spacial score (nSPS) is 11.2. The lowest BCUT2D eigenvalue weighted by atomic mass is 10.0. The number of nitrogen functional groups attached to an aromatic ring is 1. The van der Waals surface area contributed by atoms with E-state index in [1.807, 2.05) is 0 Å². The number of nitrogens with zero attached hydrogens (tertiary/aromatic N) is 3. The Morgan fingerprint density at radius 3 is 2.63 bits per heavy atom. The Balaban J connectivity index is 2.12. The lowest BCUT2D eigenvalue weighted by Crippen LogP contribution is -2.28. The van der Waals surface area contributed by atoms with Crippen LogP contribution in [-0.2, 0) is 6.18 Å². The van der Waals surface area contributed by atoms with Crippen molar-refractivity contribution < 1.29 is 18.0 Å². The predicted octanol–water partition coefficient (Wildman–Crippen LogP) is 3.71. The van der Waals surface area contributed by atoms with Crippen molar-refractivity contribution in [2.24, 2.45) is 5.73 Å². The van der Waals surface area contributed by atoms with Crippen molar-refractivity contribution in [2.45, 2.75) is 13.1 Å². The van der Waals surface area contributed by atoms with Crippen LogP contribution in [-0.4, -0.2) is 33.4 Å². The molecule has 0 aromatic carbocycles. The summed E-state index contributed by atoms with van der Waals surface area (Å²) in [4.78, 5) is 23.7. The van der Waals surface area contributed by atoms with E-state index in [2.05, 4.69) is 25.6 Å². The summed E-state index contributed by atoms with van der Waals surface area (Å²) in [6.07, 6.45) is -0.316. The van der Waals surface area contributed by atoms with Crippen molar-refractivity contribution in [3.8, 4) is 21.7 Å². The standard InChI is InChI=1S/C18H16F3N7OS/c1-2-25-17(29)28-14-4-11(16-27-13(8-30-16)18(19,20)21)12(7-26-14)9-3-10(15(22)23)6-24-5-9/h3-8H,2H2,1H3,(H3,22,23)(H2,25,26,28,29). The highest BCUT2D eigenvalue weighted by Crippen LogP contribution is 2.38. The summed E-state index contributed by atoms with van der Waals surface area (Å²) in [6.45, 7) is 2.13. The van der Waals surface area contributed by atoms with Crippen molar-refractivity contribution >= 4 is 29.0 Å². The molecule has 0 radical (unpaired) electrons. The summed E-state index contributed by atoms with van der Waals surface area (Å²) in [5.74, 6) is -0.0684. The van der Waals surface area contributed by atoms with Crippen LogP contribution in [0, 0.1) is 5.41 Å². The summed E-state index contributed by atoms with van der Waals surface area (Å²) >= 11 is 0.812. The maximum absolute atomic E-state index is 13.0. The Morgan fingerprint density at radius 2 is 2.00 bits per heavy atom. The average molecular weight is 435 g/mol. The maximum Gasteiger partial charge on any atom is 0.434 e. The zero-order chi connectivity index (χ0) is 21.9. The first-order valence-corrected chi connectivity index (χ1v) is 9.44. The van der Waals surface area contributed by atoms with Gasteiger partial charge in [0.15, 0.2) is 5.69 Å². The fourth-order valence-electron chi connectivity index (χ4n) is 2.51. The zero-order valence-electron chi connectivity index (χ0n) is 15.5. The lowest BCUT2D eigenvalue weighted by Gasteiger charge is -2.11. The molecule has 3 rings (SSSR count). The van der Waals surface area contributed by atoms with Crippen LogP contribution in [0.4, 0.5) is 23.8 Å². The number of amides is 2. The smallest absolute Gasteiger partial charge is 0.384 e. The monoisotopic (exact) mass is 435 g/mol. The first kappa shape index (κ1) is 21.2. The summed E-state index contributed by atoms with van der Waals surface area (Å²) < 4.78 is 39.1. The number of nitrogens with one attached hydrogen (secondary N) is 3. The molecular formula is C18H16F3N7OS. The third-order valence-electron chi connectivity index (χ3n) is 3.87. The second kappa shape index (κ2) is 8.45. The van der Waals surface area contributed by atoms with Crippen molar-refractivity contribution in [3.63, 3.8) is 0 Å². The van der Waals surface area contributed by atoms with Gasteiger partial charge < -0.3 is 11.1 Å². The van der Waals surface area contributed by atoms with Crippen molar-refractivity contribution in [1.29, 1.82) is 5.41 Å². The van der Waals surface area contributed by atoms with Crippen LogP contribution in [0.3, 0.4) is 0 Å². The molecule has 3 aromatic rings. The first-order valence-electron chi connectivity index (χ1n) is 8.57. The predicted molar refractivity (Wildman–Crippen MR) is 107 cm³/mol. The number of nitrogens with two attached hydrogens (primary N) is 1. The van der Waals surface area contributed by atoms with E-state index in [0.29, 0.717) is 28.8 Å². The van der Waals surface area contributed by atoms with Gasteiger partial charge in [-0.15, -0.1) is 11.3 Å². The van der Waals surface area contributed by atoms with Gasteiger partial charge in [-0.05, 0) is 19.1 Å². The van der Waals surface area contributed by atoms with Crippen molar-refractivity contribution in [3.05, 3.63) is 47.4 Å². The number of urea groups is 1. The molecule has 2 amide bonds. The van der Waals surface area contributed by atoms with Crippen LogP contribution in [0.5, 0.6) is 0 Å². The van der Waals surface area contributed by atoms with Gasteiger partial charge in [0.25, 0.3) is 0 Å². The number of hydrogen-bond donors (Lipinski definition) is 4. The highest BCUT2D eigenvalue weighted by atomic mass is 32.1. The second-order valence-corrected chi connectivity index (χ2v) is 6.87. The van der Waals surface area contributed by atoms with Crippen LogP contribution in [0.15, 0.2) is 36.1 Å². The number of halogens is 3. The van der Waals surface area contributed by atoms with Gasteiger partial charge in [0.05, 0.1) is 0 Å². The summed E-state index contributed by atoms with van der Waals surface area (Å²) in [5.41, 5.74) is 6.07. The van der Waals surface area contributed by atoms with Crippen LogP contribution >= 0.6 is 11.3 Å². The molecule has 0 atom stereocenters. The molecule has 3 heterocycles. The molecule has 5 N–H and O–H groups in total. The van der Waals surface area contributed by atoms with Gasteiger partial charge in [-0.3, -0.25) is 15.7 Å². The van der Waals surface area contributed by atoms with Gasteiger partial charge in [-0.25, -0.2) is 14.8 Å². The molecule has 3 aromatic heterocycles. The second-order valence-electron chi connectivity index (χ2n) is 6.01. The molecule has 0 saturated carbocycles. The van der Waals surface area contributed by atoms with Gasteiger partial charge >= 0.3 is 12.2 Å². The van der Waals surface area contributed by atoms with Gasteiger partial charge in [-0.2, -0.15) is 13.2 Å². The average Bonchev–Trinajstić information content (AvgIpc) is 3.19. The quantitative estimate of drug-likeness (QED) is 0.359. The Labute approximate surface area is 172 Å². The number of aromatic nitrogens is 3. The molecule has 0 spiro atoms. The molecule has 0 aliphatic rings. The fraction of sp³-hybridized carbons (Fsp3) is 0.167. The van der Waals surface area contributed by atoms with E-state index in [1.54, 1.807) is 13.0 Å². The highest BCUT2D eigenvalue weighted by molar-refractivity contribution is 7.13. The van der Waals surface area contributed by atoms with Crippen LogP contribution in [0.25, 0.3) is 21.7 Å². The number of amidine groups is 1. The molecule has 0 saturated heterocycles. The fourth-order valence-corrected chi connectivity index (χ4v) is 3.37. The van der Waals surface area contributed by atoms with Gasteiger partial charge in [-0.1, -0.05) is 0 Å². The zero-order valence-corrected chi connectivity index (χ0v) is 16.4. The molecule has 8 nitrogen and oxygen atoms in total. The first-order chi connectivity index (χ1) is 14.2. The topological polar surface area (TPSA) is 130 Å². The van der Waals surface area contributed by atoms with E-state index in [0.717, 1.165) is 16.7 Å². The minimum absolute atomic E-state index is 0.0897. The van der Waals surface area contributed by atoms with Crippen LogP contribution in [0.2, 0.25) is 0 Å². The molecule has 156 valence electrons. The van der Waals surface area contributed by atoms with E-state index in [4.69, 9.17) is 11.1 Å². The van der Waals surface area contributed by atoms with Crippen LogP contribution < -0.4 is 16.4 Å². The molecule has 0 aliphatic heterocycles. The molecular weight excluding hydrogens is 419 g/mol. The van der Waals surface area contributed by atoms with Crippen molar-refractivity contribution in [1.82, 2.24) is 20.3 Å². The summed E-state index contributed by atoms with van der Waals surface area (Å²) in [5, 5.41) is 13.6. The molecule has 0 bridgehead atoms. The van der Waals surface area contributed by atoms with Gasteiger partial charge in [0, 0.05) is 52.8 Å². The largest absolute Gasteiger partial charge is 0.434 e. The minimum Gasteiger partial charge on any atom is -0.384 e. The Morgan fingerprint density at radius 1 is 1.23 bits per heavy atom. The minimum atomic E-state index is -4.58. The number of thiazole rings is 1. The number of hydrogen-bond acceptors (Lipinski definition) is 6. The van der Waals surface area contributed by atoms with Crippen LogP contribution in [0.1, 0.15) is 18.2 Å². The van der Waals surface area contributed by atoms with E-state index >= 15 is 0 Å². The van der Waals surface area contributed by atoms with E-state index < -0.39 is 17.9 Å². The highest BCUT2D eigenvalue weighted by Gasteiger charge is 2.34. The summed E-state index contributed by atoms with van der Waals surface area (Å²) in [7, 11) is 0. The molecule has 30 heavy (non-hydrogen) atoms. The maximum atomic E-state index is 13.0. The third-order valence-corrected chi connectivity index (χ3v) is 4.74. The number of rotatable bonds is 5. The van der Waals surface area contributed by atoms with Crippen molar-refractivity contribution in [2.75, 3.05) is 11.9 Å². The Kier molecular flexibility index (Phi) is 5.96. The van der Waals surface area contributed by atoms with E-state index in [1.165, 1.54) is 24.7 Å². The lowest BCUT2D eigenvalue weighted by molar-refractivity contribution is -0.140. The third kappa shape index (κ3) is 4.71.